The van der Waals surface area contributed by atoms with E-state index in [1.54, 1.807) is 6.07 Å². The Bertz CT molecular complexity index is 928. The number of likely N-dealkylation sites (tertiary alicyclic amines) is 1. The van der Waals surface area contributed by atoms with Gasteiger partial charge in [-0.25, -0.2) is 0 Å². The van der Waals surface area contributed by atoms with Gasteiger partial charge in [0.25, 0.3) is 0 Å². The Hall–Kier alpha value is -2.37. The van der Waals surface area contributed by atoms with Crippen molar-refractivity contribution in [2.24, 2.45) is 5.92 Å². The Morgan fingerprint density at radius 1 is 1.10 bits per heavy atom. The predicted molar refractivity (Wildman–Crippen MR) is 116 cm³/mol. The minimum atomic E-state index is 0.277. The minimum Gasteiger partial charge on any atom is -0.507 e. The zero-order chi connectivity index (χ0) is 20.2. The molecule has 1 aromatic heterocycles. The quantitative estimate of drug-likeness (QED) is 0.643. The van der Waals surface area contributed by atoms with Gasteiger partial charge in [0.2, 0.25) is 0 Å². The summed E-state index contributed by atoms with van der Waals surface area (Å²) in [5, 5.41) is 15.6. The number of hydrogen-bond donors (Lipinski definition) is 1. The number of aromatic hydroxyl groups is 1. The van der Waals surface area contributed by atoms with E-state index in [0.29, 0.717) is 6.54 Å². The van der Waals surface area contributed by atoms with E-state index in [4.69, 9.17) is 4.52 Å². The number of rotatable bonds is 7. The topological polar surface area (TPSA) is 52.7 Å². The fourth-order valence-corrected chi connectivity index (χ4v) is 4.36. The van der Waals surface area contributed by atoms with Crippen LogP contribution in [0.1, 0.15) is 36.1 Å². The van der Waals surface area contributed by atoms with E-state index in [0.717, 1.165) is 47.5 Å². The van der Waals surface area contributed by atoms with Crippen LogP contribution >= 0.6 is 0 Å². The number of fused-ring (bicyclic) bond motifs is 1. The van der Waals surface area contributed by atoms with Crippen LogP contribution < -0.4 is 0 Å². The van der Waals surface area contributed by atoms with Crippen LogP contribution in [-0.2, 0) is 19.5 Å². The molecule has 0 amide bonds. The van der Waals surface area contributed by atoms with E-state index in [1.165, 1.54) is 31.5 Å². The molecule has 1 aliphatic rings. The number of aryl methyl sites for hydroxylation is 1. The van der Waals surface area contributed by atoms with Crippen LogP contribution in [0, 0.1) is 5.92 Å². The second kappa shape index (κ2) is 8.97. The van der Waals surface area contributed by atoms with Gasteiger partial charge in [0.15, 0.2) is 5.58 Å². The van der Waals surface area contributed by atoms with Crippen molar-refractivity contribution in [3.63, 3.8) is 0 Å². The SMILES string of the molecule is CN(C)Cc1c(O)ccc2c(CCC3CCN(Cc4ccccc4)CC3)noc12. The fourth-order valence-electron chi connectivity index (χ4n) is 4.36. The van der Waals surface area contributed by atoms with Gasteiger partial charge in [-0.1, -0.05) is 35.5 Å². The molecular weight excluding hydrogens is 362 g/mol. The van der Waals surface area contributed by atoms with Crippen molar-refractivity contribution in [3.05, 3.63) is 59.3 Å². The molecule has 0 spiro atoms. The highest BCUT2D eigenvalue weighted by Crippen LogP contribution is 2.32. The van der Waals surface area contributed by atoms with E-state index >= 15 is 0 Å². The molecule has 29 heavy (non-hydrogen) atoms. The first-order valence-electron chi connectivity index (χ1n) is 10.6. The van der Waals surface area contributed by atoms with Crippen LogP contribution in [-0.4, -0.2) is 47.2 Å². The molecule has 0 atom stereocenters. The zero-order valence-corrected chi connectivity index (χ0v) is 17.5. The zero-order valence-electron chi connectivity index (χ0n) is 17.5. The first-order valence-corrected chi connectivity index (χ1v) is 10.6. The van der Waals surface area contributed by atoms with Crippen molar-refractivity contribution in [3.8, 4) is 5.75 Å². The van der Waals surface area contributed by atoms with Crippen molar-refractivity contribution in [2.45, 2.75) is 38.8 Å². The summed E-state index contributed by atoms with van der Waals surface area (Å²) in [7, 11) is 3.97. The molecule has 2 heterocycles. The Balaban J connectivity index is 1.34. The molecule has 0 bridgehead atoms. The van der Waals surface area contributed by atoms with Gasteiger partial charge in [-0.15, -0.1) is 0 Å². The highest BCUT2D eigenvalue weighted by Gasteiger charge is 2.21. The maximum atomic E-state index is 10.2. The molecular formula is C24H31N3O2. The van der Waals surface area contributed by atoms with Crippen LogP contribution in [0.15, 0.2) is 47.0 Å². The third kappa shape index (κ3) is 4.80. The first-order chi connectivity index (χ1) is 14.1. The molecule has 0 aliphatic carbocycles. The van der Waals surface area contributed by atoms with Gasteiger partial charge in [0, 0.05) is 18.5 Å². The number of phenols is 1. The lowest BCUT2D eigenvalue weighted by molar-refractivity contribution is 0.172. The number of piperidine rings is 1. The molecule has 2 aromatic carbocycles. The first kappa shape index (κ1) is 19.9. The highest BCUT2D eigenvalue weighted by atomic mass is 16.5. The lowest BCUT2D eigenvalue weighted by Gasteiger charge is -2.31. The largest absolute Gasteiger partial charge is 0.507 e. The molecule has 5 heteroatoms. The number of benzene rings is 2. The van der Waals surface area contributed by atoms with Crippen molar-refractivity contribution >= 4 is 11.0 Å². The van der Waals surface area contributed by atoms with Crippen molar-refractivity contribution in [1.82, 2.24) is 15.0 Å². The summed E-state index contributed by atoms with van der Waals surface area (Å²) in [5.74, 6) is 1.02. The Morgan fingerprint density at radius 2 is 1.86 bits per heavy atom. The number of nitrogens with zero attached hydrogens (tertiary/aromatic N) is 3. The summed E-state index contributed by atoms with van der Waals surface area (Å²) in [6, 6.07) is 14.5. The summed E-state index contributed by atoms with van der Waals surface area (Å²) in [5.41, 5.74) is 3.97. The Kier molecular flexibility index (Phi) is 6.16. The van der Waals surface area contributed by atoms with Gasteiger partial charge in [0.05, 0.1) is 11.3 Å². The second-order valence-corrected chi connectivity index (χ2v) is 8.55. The van der Waals surface area contributed by atoms with Gasteiger partial charge in [0.1, 0.15) is 5.75 Å². The molecule has 4 rings (SSSR count). The molecule has 0 radical (unpaired) electrons. The molecule has 0 saturated carbocycles. The smallest absolute Gasteiger partial charge is 0.175 e. The third-order valence-corrected chi connectivity index (χ3v) is 6.01. The Morgan fingerprint density at radius 3 is 2.59 bits per heavy atom. The number of aromatic nitrogens is 1. The summed E-state index contributed by atoms with van der Waals surface area (Å²) in [6.07, 6.45) is 4.57. The Labute approximate surface area is 172 Å². The molecule has 5 nitrogen and oxygen atoms in total. The van der Waals surface area contributed by atoms with E-state index in [-0.39, 0.29) is 5.75 Å². The van der Waals surface area contributed by atoms with Crippen molar-refractivity contribution in [2.75, 3.05) is 27.2 Å². The average Bonchev–Trinajstić information content (AvgIpc) is 3.13. The molecule has 1 N–H and O–H groups in total. The van der Waals surface area contributed by atoms with Crippen LogP contribution in [0.5, 0.6) is 5.75 Å². The molecule has 1 saturated heterocycles. The third-order valence-electron chi connectivity index (χ3n) is 6.01. The average molecular weight is 394 g/mol. The minimum absolute atomic E-state index is 0.277. The van der Waals surface area contributed by atoms with Crippen molar-refractivity contribution < 1.29 is 9.63 Å². The highest BCUT2D eigenvalue weighted by molar-refractivity contribution is 5.84. The molecule has 3 aromatic rings. The summed E-state index contributed by atoms with van der Waals surface area (Å²) in [6.45, 7) is 4.03. The monoisotopic (exact) mass is 393 g/mol. The van der Waals surface area contributed by atoms with E-state index in [9.17, 15) is 5.11 Å². The van der Waals surface area contributed by atoms with Gasteiger partial charge < -0.3 is 14.5 Å². The maximum absolute atomic E-state index is 10.2. The normalized spacial score (nSPS) is 16.1. The lowest BCUT2D eigenvalue weighted by atomic mass is 9.91. The van der Waals surface area contributed by atoms with E-state index in [1.807, 2.05) is 25.1 Å². The lowest BCUT2D eigenvalue weighted by Crippen LogP contribution is -2.33. The van der Waals surface area contributed by atoms with Gasteiger partial charge >= 0.3 is 0 Å². The van der Waals surface area contributed by atoms with E-state index < -0.39 is 0 Å². The van der Waals surface area contributed by atoms with Crippen LogP contribution in [0.2, 0.25) is 0 Å². The van der Waals surface area contributed by atoms with Gasteiger partial charge in [-0.2, -0.15) is 0 Å². The molecule has 0 unspecified atom stereocenters. The number of phenolic OH excluding ortho intramolecular Hbond substituents is 1. The van der Waals surface area contributed by atoms with Crippen molar-refractivity contribution in [1.29, 1.82) is 0 Å². The number of hydrogen-bond acceptors (Lipinski definition) is 5. The van der Waals surface area contributed by atoms with Crippen LogP contribution in [0.3, 0.4) is 0 Å². The molecule has 1 aliphatic heterocycles. The fraction of sp³-hybridized carbons (Fsp3) is 0.458. The van der Waals surface area contributed by atoms with Crippen LogP contribution in [0.4, 0.5) is 0 Å². The van der Waals surface area contributed by atoms with Crippen LogP contribution in [0.25, 0.3) is 11.0 Å². The maximum Gasteiger partial charge on any atom is 0.175 e. The van der Waals surface area contributed by atoms with E-state index in [2.05, 4.69) is 40.4 Å². The summed E-state index contributed by atoms with van der Waals surface area (Å²) >= 11 is 0. The predicted octanol–water partition coefficient (Wildman–Crippen LogP) is 4.44. The summed E-state index contributed by atoms with van der Waals surface area (Å²) < 4.78 is 5.64. The summed E-state index contributed by atoms with van der Waals surface area (Å²) in [4.78, 5) is 4.59. The van der Waals surface area contributed by atoms with Gasteiger partial charge in [-0.05, 0) is 76.5 Å². The molecule has 154 valence electrons. The standard InChI is InChI=1S/C24H31N3O2/c1-26(2)17-21-23(28)11-9-20-22(25-29-24(20)21)10-8-18-12-14-27(15-13-18)16-19-6-4-3-5-7-19/h3-7,9,11,18,28H,8,10,12-17H2,1-2H3. The van der Waals surface area contributed by atoms with Gasteiger partial charge in [-0.3, -0.25) is 4.90 Å². The molecule has 1 fully saturated rings. The second-order valence-electron chi connectivity index (χ2n) is 8.55.